The van der Waals surface area contributed by atoms with Gasteiger partial charge in [0.25, 0.3) is 0 Å². The molecule has 0 amide bonds. The molecule has 1 heterocycles. The molecule has 2 N–H and O–H groups in total. The largest absolute Gasteiger partial charge is 0.479 e. The van der Waals surface area contributed by atoms with Crippen molar-refractivity contribution in [3.8, 4) is 0 Å². The summed E-state index contributed by atoms with van der Waals surface area (Å²) in [6.45, 7) is 3.28. The maximum absolute atomic E-state index is 11.8. The molecule has 110 valence electrons. The molecular formula is C14H13BrClN3O2. The van der Waals surface area contributed by atoms with Crippen molar-refractivity contribution in [1.82, 2.24) is 9.97 Å². The highest BCUT2D eigenvalue weighted by atomic mass is 79.9. The van der Waals surface area contributed by atoms with Gasteiger partial charge in [0.2, 0.25) is 0 Å². The smallest absolute Gasteiger partial charge is 0.335 e. The van der Waals surface area contributed by atoms with E-state index in [9.17, 15) is 9.90 Å². The third kappa shape index (κ3) is 3.16. The van der Waals surface area contributed by atoms with Gasteiger partial charge in [-0.25, -0.2) is 4.79 Å². The number of nitrogens with one attached hydrogen (secondary N) is 1. The molecule has 7 heteroatoms. The van der Waals surface area contributed by atoms with Crippen LogP contribution in [0, 0.1) is 6.92 Å². The zero-order chi connectivity index (χ0) is 15.6. The minimum absolute atomic E-state index is 0.364. The number of carboxylic acid groups (broad SMARTS) is 1. The van der Waals surface area contributed by atoms with Gasteiger partial charge in [-0.05, 0) is 48.0 Å². The van der Waals surface area contributed by atoms with Crippen molar-refractivity contribution in [3.63, 3.8) is 0 Å². The minimum Gasteiger partial charge on any atom is -0.479 e. The molecule has 0 spiro atoms. The van der Waals surface area contributed by atoms with Crippen molar-refractivity contribution in [1.29, 1.82) is 0 Å². The highest BCUT2D eigenvalue weighted by Gasteiger charge is 2.38. The van der Waals surface area contributed by atoms with Crippen LogP contribution >= 0.6 is 27.5 Å². The molecule has 0 saturated heterocycles. The zero-order valence-electron chi connectivity index (χ0n) is 11.4. The summed E-state index contributed by atoms with van der Waals surface area (Å²) in [4.78, 5) is 20.0. The Bertz CT molecular complexity index is 696. The molecule has 1 aromatic carbocycles. The van der Waals surface area contributed by atoms with E-state index in [2.05, 4.69) is 31.2 Å². The SMILES string of the molecule is Cc1nccnc1C(C)(Nc1ccc(Cl)c(Br)c1)C(=O)O. The van der Waals surface area contributed by atoms with E-state index in [0.717, 1.165) is 0 Å². The van der Waals surface area contributed by atoms with Crippen molar-refractivity contribution < 1.29 is 9.90 Å². The molecule has 0 aliphatic carbocycles. The molecule has 0 radical (unpaired) electrons. The number of benzene rings is 1. The Morgan fingerprint density at radius 2 is 2.05 bits per heavy atom. The predicted molar refractivity (Wildman–Crippen MR) is 84.5 cm³/mol. The number of nitrogens with zero attached hydrogens (tertiary/aromatic N) is 2. The van der Waals surface area contributed by atoms with Gasteiger partial charge in [0, 0.05) is 22.6 Å². The van der Waals surface area contributed by atoms with E-state index in [4.69, 9.17) is 11.6 Å². The molecule has 21 heavy (non-hydrogen) atoms. The number of hydrogen-bond acceptors (Lipinski definition) is 4. The van der Waals surface area contributed by atoms with E-state index in [0.29, 0.717) is 26.6 Å². The van der Waals surface area contributed by atoms with Crippen LogP contribution in [0.1, 0.15) is 18.3 Å². The fourth-order valence-electron chi connectivity index (χ4n) is 1.97. The second kappa shape index (κ2) is 5.99. The highest BCUT2D eigenvalue weighted by Crippen LogP contribution is 2.30. The molecule has 0 aliphatic heterocycles. The number of aromatic nitrogens is 2. The first-order valence-electron chi connectivity index (χ1n) is 6.09. The van der Waals surface area contributed by atoms with Crippen molar-refractivity contribution >= 4 is 39.2 Å². The van der Waals surface area contributed by atoms with Crippen LogP contribution in [0.15, 0.2) is 35.1 Å². The van der Waals surface area contributed by atoms with E-state index >= 15 is 0 Å². The zero-order valence-corrected chi connectivity index (χ0v) is 13.7. The molecule has 0 fully saturated rings. The summed E-state index contributed by atoms with van der Waals surface area (Å²) in [5.74, 6) is -1.04. The van der Waals surface area contributed by atoms with Crippen LogP contribution in [0.5, 0.6) is 0 Å². The molecule has 1 unspecified atom stereocenters. The fourth-order valence-corrected chi connectivity index (χ4v) is 2.47. The second-order valence-corrected chi connectivity index (χ2v) is 5.94. The van der Waals surface area contributed by atoms with Crippen molar-refractivity contribution in [2.45, 2.75) is 19.4 Å². The molecule has 2 rings (SSSR count). The van der Waals surface area contributed by atoms with Crippen LogP contribution in [-0.4, -0.2) is 21.0 Å². The standard InChI is InChI=1S/C14H13BrClN3O2/c1-8-12(18-6-5-17-8)14(2,13(20)21)19-9-3-4-11(16)10(15)7-9/h3-7,19H,1-2H3,(H,20,21). The van der Waals surface area contributed by atoms with E-state index in [1.54, 1.807) is 32.0 Å². The molecule has 2 aromatic rings. The number of rotatable bonds is 4. The van der Waals surface area contributed by atoms with Crippen molar-refractivity contribution in [2.75, 3.05) is 5.32 Å². The Balaban J connectivity index is 2.46. The topological polar surface area (TPSA) is 75.1 Å². The van der Waals surface area contributed by atoms with Crippen molar-refractivity contribution in [3.05, 3.63) is 51.5 Å². The Kier molecular flexibility index (Phi) is 4.49. The monoisotopic (exact) mass is 369 g/mol. The average molecular weight is 371 g/mol. The van der Waals surface area contributed by atoms with E-state index in [-0.39, 0.29) is 0 Å². The summed E-state index contributed by atoms with van der Waals surface area (Å²) in [5.41, 5.74) is 0.138. The van der Waals surface area contributed by atoms with Crippen LogP contribution in [0.4, 0.5) is 5.69 Å². The molecular weight excluding hydrogens is 358 g/mol. The van der Waals surface area contributed by atoms with E-state index in [1.165, 1.54) is 12.4 Å². The summed E-state index contributed by atoms with van der Waals surface area (Å²) < 4.78 is 0.678. The fraction of sp³-hybridized carbons (Fsp3) is 0.214. The summed E-state index contributed by atoms with van der Waals surface area (Å²) in [6, 6.07) is 5.11. The van der Waals surface area contributed by atoms with Crippen LogP contribution in [0.25, 0.3) is 0 Å². The van der Waals surface area contributed by atoms with E-state index < -0.39 is 11.5 Å². The van der Waals surface area contributed by atoms with Gasteiger partial charge in [0.1, 0.15) is 0 Å². The van der Waals surface area contributed by atoms with Gasteiger partial charge < -0.3 is 10.4 Å². The lowest BCUT2D eigenvalue weighted by molar-refractivity contribution is -0.142. The second-order valence-electron chi connectivity index (χ2n) is 4.67. The number of aliphatic carboxylic acids is 1. The quantitative estimate of drug-likeness (QED) is 0.860. The summed E-state index contributed by atoms with van der Waals surface area (Å²) in [6.07, 6.45) is 3.00. The van der Waals surface area contributed by atoms with Crippen LogP contribution in [0.2, 0.25) is 5.02 Å². The van der Waals surface area contributed by atoms with Gasteiger partial charge in [0.15, 0.2) is 5.54 Å². The highest BCUT2D eigenvalue weighted by molar-refractivity contribution is 9.10. The molecule has 0 bridgehead atoms. The van der Waals surface area contributed by atoms with Gasteiger partial charge in [-0.1, -0.05) is 11.6 Å². The van der Waals surface area contributed by atoms with Gasteiger partial charge in [0.05, 0.1) is 16.4 Å². The third-order valence-electron chi connectivity index (χ3n) is 3.10. The van der Waals surface area contributed by atoms with Crippen LogP contribution < -0.4 is 5.32 Å². The first-order valence-corrected chi connectivity index (χ1v) is 7.26. The Hall–Kier alpha value is -1.66. The van der Waals surface area contributed by atoms with Gasteiger partial charge in [-0.15, -0.1) is 0 Å². The molecule has 5 nitrogen and oxygen atoms in total. The summed E-state index contributed by atoms with van der Waals surface area (Å²) in [7, 11) is 0. The maximum atomic E-state index is 11.8. The molecule has 1 atom stereocenters. The van der Waals surface area contributed by atoms with Gasteiger partial charge in [-0.3, -0.25) is 9.97 Å². The maximum Gasteiger partial charge on any atom is 0.335 e. The lowest BCUT2D eigenvalue weighted by atomic mass is 9.95. The Morgan fingerprint density at radius 1 is 1.38 bits per heavy atom. The first-order chi connectivity index (χ1) is 9.84. The van der Waals surface area contributed by atoms with Crippen LogP contribution in [0.3, 0.4) is 0 Å². The number of halogens is 2. The number of anilines is 1. The Labute approximate surface area is 135 Å². The summed E-state index contributed by atoms with van der Waals surface area (Å²) in [5, 5.41) is 13.2. The lowest BCUT2D eigenvalue weighted by Gasteiger charge is -2.27. The third-order valence-corrected chi connectivity index (χ3v) is 4.31. The summed E-state index contributed by atoms with van der Waals surface area (Å²) >= 11 is 9.26. The molecule has 0 aliphatic rings. The number of hydrogen-bond donors (Lipinski definition) is 2. The molecule has 1 aromatic heterocycles. The lowest BCUT2D eigenvalue weighted by Crippen LogP contribution is -2.42. The number of carbonyl (C=O) groups is 1. The van der Waals surface area contributed by atoms with Gasteiger partial charge >= 0.3 is 5.97 Å². The number of carboxylic acids is 1. The van der Waals surface area contributed by atoms with Crippen LogP contribution in [-0.2, 0) is 10.3 Å². The first kappa shape index (κ1) is 15.7. The number of aryl methyl sites for hydroxylation is 1. The van der Waals surface area contributed by atoms with Crippen molar-refractivity contribution in [2.24, 2.45) is 0 Å². The minimum atomic E-state index is -1.40. The molecule has 0 saturated carbocycles. The average Bonchev–Trinajstić information content (AvgIpc) is 2.43. The normalized spacial score (nSPS) is 13.5. The van der Waals surface area contributed by atoms with E-state index in [1.807, 2.05) is 0 Å². The predicted octanol–water partition coefficient (Wildman–Crippen LogP) is 3.61. The van der Waals surface area contributed by atoms with Gasteiger partial charge in [-0.2, -0.15) is 0 Å². The Morgan fingerprint density at radius 3 is 2.62 bits per heavy atom.